The smallest absolute Gasteiger partial charge is 0.157 e. The van der Waals surface area contributed by atoms with Crippen LogP contribution in [0.15, 0.2) is 54.6 Å². The summed E-state index contributed by atoms with van der Waals surface area (Å²) < 4.78 is 17.0. The fourth-order valence-corrected chi connectivity index (χ4v) is 2.73. The fraction of sp³-hybridized carbons (Fsp3) is 0.455. The molecule has 0 saturated carbocycles. The van der Waals surface area contributed by atoms with Crippen molar-refractivity contribution in [3.8, 4) is 11.5 Å². The first kappa shape index (κ1) is 20.4. The highest BCUT2D eigenvalue weighted by Crippen LogP contribution is 2.21. The van der Waals surface area contributed by atoms with Crippen LogP contribution in [0.1, 0.15) is 32.3 Å². The van der Waals surface area contributed by atoms with Crippen LogP contribution in [-0.4, -0.2) is 32.6 Å². The van der Waals surface area contributed by atoms with Crippen LogP contribution >= 0.6 is 0 Å². The summed E-state index contributed by atoms with van der Waals surface area (Å²) >= 11 is 0. The maximum absolute atomic E-state index is 5.89. The standard InChI is InChI=1S/C22H31NO3/c1-3-24-22(25-4-2)14-9-16-23-17-15-19-10-8-13-21(18-19)26-20-11-6-5-7-12-20/h5-8,10-13,18,22-23H,3-4,9,14-17H2,1-2H3. The average molecular weight is 357 g/mol. The third-order valence-electron chi connectivity index (χ3n) is 3.97. The molecule has 4 nitrogen and oxygen atoms in total. The Balaban J connectivity index is 1.66. The number of benzene rings is 2. The lowest BCUT2D eigenvalue weighted by atomic mass is 10.1. The lowest BCUT2D eigenvalue weighted by Gasteiger charge is -2.16. The minimum absolute atomic E-state index is 0.0707. The van der Waals surface area contributed by atoms with Crippen molar-refractivity contribution in [2.24, 2.45) is 0 Å². The molecule has 0 aliphatic carbocycles. The third kappa shape index (κ3) is 8.00. The molecular formula is C22H31NO3. The van der Waals surface area contributed by atoms with E-state index in [1.807, 2.05) is 56.3 Å². The van der Waals surface area contributed by atoms with E-state index in [2.05, 4.69) is 17.4 Å². The molecule has 0 bridgehead atoms. The molecule has 2 aromatic rings. The second-order valence-corrected chi connectivity index (χ2v) is 6.04. The Labute approximate surface area is 157 Å². The first-order valence-corrected chi connectivity index (χ1v) is 9.57. The lowest BCUT2D eigenvalue weighted by molar-refractivity contribution is -0.139. The van der Waals surface area contributed by atoms with Gasteiger partial charge in [-0.3, -0.25) is 0 Å². The summed E-state index contributed by atoms with van der Waals surface area (Å²) in [5, 5.41) is 3.49. The maximum Gasteiger partial charge on any atom is 0.157 e. The third-order valence-corrected chi connectivity index (χ3v) is 3.97. The molecule has 0 atom stereocenters. The van der Waals surface area contributed by atoms with E-state index in [1.165, 1.54) is 5.56 Å². The summed E-state index contributed by atoms with van der Waals surface area (Å²) in [6, 6.07) is 18.1. The minimum atomic E-state index is -0.0707. The zero-order valence-corrected chi connectivity index (χ0v) is 15.9. The predicted octanol–water partition coefficient (Wildman–Crippen LogP) is 4.79. The van der Waals surface area contributed by atoms with Gasteiger partial charge in [0.2, 0.25) is 0 Å². The maximum atomic E-state index is 5.89. The van der Waals surface area contributed by atoms with Gasteiger partial charge in [0.15, 0.2) is 6.29 Å². The van der Waals surface area contributed by atoms with Gasteiger partial charge in [0.1, 0.15) is 11.5 Å². The van der Waals surface area contributed by atoms with E-state index >= 15 is 0 Å². The second-order valence-electron chi connectivity index (χ2n) is 6.04. The van der Waals surface area contributed by atoms with Crippen molar-refractivity contribution in [1.29, 1.82) is 0 Å². The van der Waals surface area contributed by atoms with Crippen LogP contribution in [0, 0.1) is 0 Å². The van der Waals surface area contributed by atoms with Crippen molar-refractivity contribution in [2.75, 3.05) is 26.3 Å². The van der Waals surface area contributed by atoms with Gasteiger partial charge in [-0.05, 0) is 76.0 Å². The van der Waals surface area contributed by atoms with Crippen LogP contribution < -0.4 is 10.1 Å². The van der Waals surface area contributed by atoms with Crippen LogP contribution in [0.4, 0.5) is 0 Å². The van der Waals surface area contributed by atoms with Crippen molar-refractivity contribution in [2.45, 2.75) is 39.4 Å². The van der Waals surface area contributed by atoms with Crippen LogP contribution in [0.25, 0.3) is 0 Å². The van der Waals surface area contributed by atoms with Gasteiger partial charge in [-0.25, -0.2) is 0 Å². The van der Waals surface area contributed by atoms with Gasteiger partial charge < -0.3 is 19.5 Å². The second kappa shape index (κ2) is 12.5. The summed E-state index contributed by atoms with van der Waals surface area (Å²) in [5.74, 6) is 1.74. The van der Waals surface area contributed by atoms with E-state index in [0.717, 1.165) is 43.9 Å². The molecule has 1 N–H and O–H groups in total. The summed E-state index contributed by atoms with van der Waals surface area (Å²) in [5.41, 5.74) is 1.27. The number of hydrogen-bond donors (Lipinski definition) is 1. The van der Waals surface area contributed by atoms with E-state index in [1.54, 1.807) is 0 Å². The Morgan fingerprint density at radius 2 is 1.58 bits per heavy atom. The van der Waals surface area contributed by atoms with Crippen molar-refractivity contribution in [3.05, 3.63) is 60.2 Å². The predicted molar refractivity (Wildman–Crippen MR) is 106 cm³/mol. The van der Waals surface area contributed by atoms with E-state index in [-0.39, 0.29) is 6.29 Å². The normalized spacial score (nSPS) is 11.0. The van der Waals surface area contributed by atoms with Crippen LogP contribution in [0.2, 0.25) is 0 Å². The van der Waals surface area contributed by atoms with E-state index in [9.17, 15) is 0 Å². The Kier molecular flexibility index (Phi) is 9.80. The molecule has 0 aromatic heterocycles. The monoisotopic (exact) mass is 357 g/mol. The highest BCUT2D eigenvalue weighted by molar-refractivity contribution is 5.33. The number of rotatable bonds is 13. The summed E-state index contributed by atoms with van der Waals surface area (Å²) in [6.45, 7) is 7.30. The molecule has 0 unspecified atom stereocenters. The summed E-state index contributed by atoms with van der Waals surface area (Å²) in [7, 11) is 0. The van der Waals surface area contributed by atoms with Crippen molar-refractivity contribution in [3.63, 3.8) is 0 Å². The van der Waals surface area contributed by atoms with Gasteiger partial charge in [-0.15, -0.1) is 0 Å². The molecule has 26 heavy (non-hydrogen) atoms. The van der Waals surface area contributed by atoms with Gasteiger partial charge in [0, 0.05) is 13.2 Å². The zero-order chi connectivity index (χ0) is 18.5. The molecule has 2 aromatic carbocycles. The van der Waals surface area contributed by atoms with E-state index < -0.39 is 0 Å². The largest absolute Gasteiger partial charge is 0.457 e. The number of para-hydroxylation sites is 1. The lowest BCUT2D eigenvalue weighted by Crippen LogP contribution is -2.22. The van der Waals surface area contributed by atoms with E-state index in [0.29, 0.717) is 13.2 Å². The van der Waals surface area contributed by atoms with Gasteiger partial charge in [0.25, 0.3) is 0 Å². The SMILES string of the molecule is CCOC(CCCNCCc1cccc(Oc2ccccc2)c1)OCC. The molecule has 0 aliphatic heterocycles. The summed E-state index contributed by atoms with van der Waals surface area (Å²) in [4.78, 5) is 0. The molecule has 0 fully saturated rings. The van der Waals surface area contributed by atoms with Crippen LogP contribution in [-0.2, 0) is 15.9 Å². The van der Waals surface area contributed by atoms with Gasteiger partial charge in [0.05, 0.1) is 0 Å². The topological polar surface area (TPSA) is 39.7 Å². The summed E-state index contributed by atoms with van der Waals surface area (Å²) in [6.07, 6.45) is 2.88. The highest BCUT2D eigenvalue weighted by Gasteiger charge is 2.06. The Morgan fingerprint density at radius 3 is 2.31 bits per heavy atom. The fourth-order valence-electron chi connectivity index (χ4n) is 2.73. The minimum Gasteiger partial charge on any atom is -0.457 e. The molecule has 142 valence electrons. The number of nitrogens with one attached hydrogen (secondary N) is 1. The Hall–Kier alpha value is -1.88. The molecule has 0 amide bonds. The van der Waals surface area contributed by atoms with Gasteiger partial charge in [-0.1, -0.05) is 30.3 Å². The zero-order valence-electron chi connectivity index (χ0n) is 15.9. The van der Waals surface area contributed by atoms with Gasteiger partial charge in [-0.2, -0.15) is 0 Å². The van der Waals surface area contributed by atoms with Crippen LogP contribution in [0.3, 0.4) is 0 Å². The Morgan fingerprint density at radius 1 is 0.846 bits per heavy atom. The van der Waals surface area contributed by atoms with Crippen LogP contribution in [0.5, 0.6) is 11.5 Å². The molecule has 2 rings (SSSR count). The first-order chi connectivity index (χ1) is 12.8. The highest BCUT2D eigenvalue weighted by atomic mass is 16.7. The van der Waals surface area contributed by atoms with Gasteiger partial charge >= 0.3 is 0 Å². The molecule has 4 heteroatoms. The number of ether oxygens (including phenoxy) is 3. The van der Waals surface area contributed by atoms with Crippen molar-refractivity contribution < 1.29 is 14.2 Å². The number of hydrogen-bond acceptors (Lipinski definition) is 4. The van der Waals surface area contributed by atoms with Crippen molar-refractivity contribution >= 4 is 0 Å². The molecule has 0 radical (unpaired) electrons. The average Bonchev–Trinajstić information content (AvgIpc) is 2.66. The first-order valence-electron chi connectivity index (χ1n) is 9.57. The molecule has 0 spiro atoms. The van der Waals surface area contributed by atoms with E-state index in [4.69, 9.17) is 14.2 Å². The molecule has 0 heterocycles. The van der Waals surface area contributed by atoms with Crippen molar-refractivity contribution in [1.82, 2.24) is 5.32 Å². The molecule has 0 aliphatic rings. The molecule has 0 saturated heterocycles. The quantitative estimate of drug-likeness (QED) is 0.413. The Bertz CT molecular complexity index is 597. The molecular weight excluding hydrogens is 326 g/mol.